The highest BCUT2D eigenvalue weighted by Gasteiger charge is 2.40. The molecule has 8 heteroatoms. The predicted octanol–water partition coefficient (Wildman–Crippen LogP) is 8.00. The van der Waals surface area contributed by atoms with Crippen LogP contribution in [0.2, 0.25) is 15.1 Å². The lowest BCUT2D eigenvalue weighted by Gasteiger charge is -2.22. The third-order valence-corrected chi connectivity index (χ3v) is 7.73. The van der Waals surface area contributed by atoms with Gasteiger partial charge in [-0.1, -0.05) is 72.9 Å². The van der Waals surface area contributed by atoms with Crippen molar-refractivity contribution in [3.63, 3.8) is 0 Å². The number of hydrogen-bond acceptors (Lipinski definition) is 4. The van der Waals surface area contributed by atoms with Gasteiger partial charge in [-0.15, -0.1) is 0 Å². The number of halogens is 3. The number of carboxylic acid groups (broad SMARTS) is 1. The van der Waals surface area contributed by atoms with Gasteiger partial charge in [-0.2, -0.15) is 0 Å². The van der Waals surface area contributed by atoms with E-state index in [2.05, 4.69) is 13.8 Å². The van der Waals surface area contributed by atoms with Gasteiger partial charge in [-0.25, -0.2) is 4.79 Å². The van der Waals surface area contributed by atoms with Crippen LogP contribution in [-0.2, 0) is 0 Å². The van der Waals surface area contributed by atoms with Crippen molar-refractivity contribution in [2.75, 3.05) is 13.2 Å². The highest BCUT2D eigenvalue weighted by atomic mass is 35.5. The Morgan fingerprint density at radius 1 is 1.03 bits per heavy atom. The number of benzene rings is 3. The minimum absolute atomic E-state index is 0.0177. The Morgan fingerprint density at radius 3 is 2.35 bits per heavy atom. The molecule has 0 heterocycles. The Hall–Kier alpha value is -2.57. The van der Waals surface area contributed by atoms with Gasteiger partial charge in [0.25, 0.3) is 0 Å². The molecule has 1 fully saturated rings. The maximum atomic E-state index is 11.3. The average molecular weight is 560 g/mol. The van der Waals surface area contributed by atoms with E-state index in [1.807, 2.05) is 24.3 Å². The van der Waals surface area contributed by atoms with Crippen LogP contribution in [0, 0.1) is 11.8 Å². The second-order valence-corrected chi connectivity index (χ2v) is 10.8. The van der Waals surface area contributed by atoms with Crippen molar-refractivity contribution < 1.29 is 14.6 Å². The molecule has 4 rings (SSSR count). The molecular weight excluding hydrogens is 531 g/mol. The van der Waals surface area contributed by atoms with Gasteiger partial charge in [0.05, 0.1) is 21.3 Å². The normalized spacial score (nSPS) is 18.1. The lowest BCUT2D eigenvalue weighted by molar-refractivity contribution is 0.0696. The van der Waals surface area contributed by atoms with Crippen LogP contribution in [0.25, 0.3) is 0 Å². The molecule has 3 unspecified atom stereocenters. The summed E-state index contributed by atoms with van der Waals surface area (Å²) in [7, 11) is 0. The first kappa shape index (κ1) is 27.5. The zero-order chi connectivity index (χ0) is 26.7. The Kier molecular flexibility index (Phi) is 8.81. The zero-order valence-electron chi connectivity index (χ0n) is 20.6. The van der Waals surface area contributed by atoms with Crippen molar-refractivity contribution in [2.45, 2.75) is 32.1 Å². The van der Waals surface area contributed by atoms with Crippen LogP contribution in [0.4, 0.5) is 5.69 Å². The van der Waals surface area contributed by atoms with Crippen LogP contribution >= 0.6 is 34.8 Å². The zero-order valence-corrected chi connectivity index (χ0v) is 22.9. The SMILES string of the molecule is CC(C)C(CN)C(COc1ccc(C2CC2c2cccc(C(=O)O)c2)c(Cl)c1)=Nc1c(Cl)cccc1Cl. The van der Waals surface area contributed by atoms with E-state index in [1.54, 1.807) is 36.4 Å². The molecule has 5 nitrogen and oxygen atoms in total. The summed E-state index contributed by atoms with van der Waals surface area (Å²) >= 11 is 19.4. The molecule has 194 valence electrons. The number of carboxylic acids is 1. The van der Waals surface area contributed by atoms with E-state index in [0.717, 1.165) is 23.3 Å². The summed E-state index contributed by atoms with van der Waals surface area (Å²) in [5.74, 6) is 0.414. The molecule has 0 amide bonds. The lowest BCUT2D eigenvalue weighted by Crippen LogP contribution is -2.32. The van der Waals surface area contributed by atoms with E-state index < -0.39 is 5.97 Å². The first-order chi connectivity index (χ1) is 17.7. The van der Waals surface area contributed by atoms with Crippen molar-refractivity contribution in [1.29, 1.82) is 0 Å². The van der Waals surface area contributed by atoms with Gasteiger partial charge >= 0.3 is 5.97 Å². The van der Waals surface area contributed by atoms with E-state index in [0.29, 0.717) is 38.6 Å². The third kappa shape index (κ3) is 6.47. The van der Waals surface area contributed by atoms with Crippen LogP contribution in [0.3, 0.4) is 0 Å². The number of hydrogen-bond donors (Lipinski definition) is 2. The van der Waals surface area contributed by atoms with E-state index in [-0.39, 0.29) is 30.3 Å². The van der Waals surface area contributed by atoms with Crippen molar-refractivity contribution >= 4 is 52.2 Å². The van der Waals surface area contributed by atoms with Crippen LogP contribution in [0.15, 0.2) is 65.7 Å². The first-order valence-electron chi connectivity index (χ1n) is 12.2. The van der Waals surface area contributed by atoms with Crippen molar-refractivity contribution in [1.82, 2.24) is 0 Å². The van der Waals surface area contributed by atoms with Crippen LogP contribution in [0.1, 0.15) is 53.6 Å². The Labute approximate surface area is 232 Å². The van der Waals surface area contributed by atoms with Gasteiger partial charge in [0.1, 0.15) is 18.0 Å². The second-order valence-electron chi connectivity index (χ2n) is 9.61. The topological polar surface area (TPSA) is 84.9 Å². The molecule has 37 heavy (non-hydrogen) atoms. The highest BCUT2D eigenvalue weighted by Crippen LogP contribution is 2.56. The van der Waals surface area contributed by atoms with Crippen LogP contribution in [-0.4, -0.2) is 29.9 Å². The molecule has 1 aliphatic rings. The molecule has 3 N–H and O–H groups in total. The highest BCUT2D eigenvalue weighted by molar-refractivity contribution is 6.39. The standard InChI is InChI=1S/C29H29Cl3N2O3/c1-16(2)23(14-33)27(34-28-24(30)7-4-8-25(28)31)15-37-19-9-10-20(26(32)12-19)22-13-21(22)17-5-3-6-18(11-17)29(35)36/h3-12,16,21-23H,13-15,33H2,1-2H3,(H,35,36). The van der Waals surface area contributed by atoms with Crippen molar-refractivity contribution in [3.8, 4) is 5.75 Å². The smallest absolute Gasteiger partial charge is 0.335 e. The maximum absolute atomic E-state index is 11.3. The van der Waals surface area contributed by atoms with Crippen molar-refractivity contribution in [2.24, 2.45) is 22.6 Å². The van der Waals surface area contributed by atoms with Gasteiger partial charge in [-0.3, -0.25) is 4.99 Å². The molecule has 0 aliphatic heterocycles. The van der Waals surface area contributed by atoms with Crippen molar-refractivity contribution in [3.05, 3.63) is 92.4 Å². The monoisotopic (exact) mass is 558 g/mol. The molecule has 1 saturated carbocycles. The number of carbonyl (C=O) groups is 1. The van der Waals surface area contributed by atoms with Gasteiger partial charge in [0.15, 0.2) is 0 Å². The summed E-state index contributed by atoms with van der Waals surface area (Å²) < 4.78 is 6.12. The average Bonchev–Trinajstić information content (AvgIpc) is 3.65. The molecule has 0 radical (unpaired) electrons. The first-order valence-corrected chi connectivity index (χ1v) is 13.3. The Balaban J connectivity index is 1.51. The number of para-hydroxylation sites is 1. The summed E-state index contributed by atoms with van der Waals surface area (Å²) in [5, 5.41) is 10.8. The van der Waals surface area contributed by atoms with Gasteiger partial charge in [-0.05, 0) is 71.7 Å². The van der Waals surface area contributed by atoms with E-state index in [1.165, 1.54) is 0 Å². The Morgan fingerprint density at radius 2 is 1.73 bits per heavy atom. The molecule has 0 saturated heterocycles. The molecule has 3 aromatic carbocycles. The molecule has 3 aromatic rings. The number of nitrogens with two attached hydrogens (primary N) is 1. The van der Waals surface area contributed by atoms with Gasteiger partial charge in [0, 0.05) is 17.5 Å². The van der Waals surface area contributed by atoms with E-state index in [4.69, 9.17) is 50.3 Å². The fourth-order valence-electron chi connectivity index (χ4n) is 4.62. The number of aromatic carboxylic acids is 1. The largest absolute Gasteiger partial charge is 0.488 e. The summed E-state index contributed by atoms with van der Waals surface area (Å²) in [6.45, 7) is 4.80. The summed E-state index contributed by atoms with van der Waals surface area (Å²) in [6.07, 6.45) is 0.922. The summed E-state index contributed by atoms with van der Waals surface area (Å²) in [6, 6.07) is 18.1. The van der Waals surface area contributed by atoms with Crippen LogP contribution < -0.4 is 10.5 Å². The molecule has 0 spiro atoms. The summed E-state index contributed by atoms with van der Waals surface area (Å²) in [5.41, 5.74) is 9.69. The lowest BCUT2D eigenvalue weighted by atomic mass is 9.91. The number of ether oxygens (including phenoxy) is 1. The second kappa shape index (κ2) is 11.9. The third-order valence-electron chi connectivity index (χ3n) is 6.79. The van der Waals surface area contributed by atoms with Crippen LogP contribution in [0.5, 0.6) is 5.75 Å². The number of nitrogens with zero attached hydrogens (tertiary/aromatic N) is 1. The minimum atomic E-state index is -0.923. The minimum Gasteiger partial charge on any atom is -0.488 e. The fourth-order valence-corrected chi connectivity index (χ4v) is 5.41. The molecule has 0 bridgehead atoms. The Bertz CT molecular complexity index is 1310. The van der Waals surface area contributed by atoms with Gasteiger partial charge in [0.2, 0.25) is 0 Å². The number of aliphatic imine (C=N–C) groups is 1. The quantitative estimate of drug-likeness (QED) is 0.246. The summed E-state index contributed by atoms with van der Waals surface area (Å²) in [4.78, 5) is 16.1. The predicted molar refractivity (Wildman–Crippen MR) is 151 cm³/mol. The van der Waals surface area contributed by atoms with E-state index in [9.17, 15) is 9.90 Å². The number of rotatable bonds is 10. The maximum Gasteiger partial charge on any atom is 0.335 e. The van der Waals surface area contributed by atoms with E-state index >= 15 is 0 Å². The molecular formula is C29H29Cl3N2O3. The van der Waals surface area contributed by atoms with Gasteiger partial charge < -0.3 is 15.6 Å². The molecule has 1 aliphatic carbocycles. The molecule has 3 atom stereocenters. The molecule has 0 aromatic heterocycles. The fraction of sp³-hybridized carbons (Fsp3) is 0.310.